The van der Waals surface area contributed by atoms with Crippen molar-refractivity contribution >= 4 is 17.7 Å². The Morgan fingerprint density at radius 1 is 1.19 bits per heavy atom. The first-order valence-corrected chi connectivity index (χ1v) is 6.13. The highest BCUT2D eigenvalue weighted by Gasteiger charge is 2.28. The van der Waals surface area contributed by atoms with Crippen LogP contribution in [-0.2, 0) is 20.8 Å². The standard InChI is InChI=1S/C14H17NO6/c1-8(16)15-13(14(18)19)10(17)7-9-11(20-2)5-4-6-12(9)21-3/h4-6,13H,7H2,1-3H3,(H,15,16)(H,18,19). The van der Waals surface area contributed by atoms with Gasteiger partial charge in [0.25, 0.3) is 0 Å². The topological polar surface area (TPSA) is 102 Å². The van der Waals surface area contributed by atoms with Crippen LogP contribution in [0.15, 0.2) is 18.2 Å². The lowest BCUT2D eigenvalue weighted by Gasteiger charge is -2.15. The van der Waals surface area contributed by atoms with Gasteiger partial charge in [-0.1, -0.05) is 6.07 Å². The van der Waals surface area contributed by atoms with Gasteiger partial charge in [-0.05, 0) is 12.1 Å². The first-order chi connectivity index (χ1) is 9.90. The van der Waals surface area contributed by atoms with Crippen molar-refractivity contribution in [3.8, 4) is 11.5 Å². The van der Waals surface area contributed by atoms with Gasteiger partial charge < -0.3 is 19.9 Å². The molecular weight excluding hydrogens is 278 g/mol. The number of carbonyl (C=O) groups excluding carboxylic acids is 2. The monoisotopic (exact) mass is 295 g/mol. The number of nitrogens with one attached hydrogen (secondary N) is 1. The third-order valence-electron chi connectivity index (χ3n) is 2.80. The highest BCUT2D eigenvalue weighted by atomic mass is 16.5. The zero-order valence-corrected chi connectivity index (χ0v) is 12.0. The van der Waals surface area contributed by atoms with Crippen molar-refractivity contribution in [3.05, 3.63) is 23.8 Å². The molecule has 0 aliphatic heterocycles. The molecular formula is C14H17NO6. The number of carbonyl (C=O) groups is 3. The molecule has 21 heavy (non-hydrogen) atoms. The van der Waals surface area contributed by atoms with E-state index in [1.807, 2.05) is 0 Å². The molecule has 0 aliphatic rings. The number of ether oxygens (including phenoxy) is 2. The summed E-state index contributed by atoms with van der Waals surface area (Å²) in [5.74, 6) is -1.85. The van der Waals surface area contributed by atoms with Crippen molar-refractivity contribution < 1.29 is 29.0 Å². The molecule has 0 aliphatic carbocycles. The zero-order valence-electron chi connectivity index (χ0n) is 12.0. The Hall–Kier alpha value is -2.57. The first kappa shape index (κ1) is 16.5. The summed E-state index contributed by atoms with van der Waals surface area (Å²) in [7, 11) is 2.87. The summed E-state index contributed by atoms with van der Waals surface area (Å²) < 4.78 is 10.3. The van der Waals surface area contributed by atoms with Crippen molar-refractivity contribution in [3.63, 3.8) is 0 Å². The van der Waals surface area contributed by atoms with Crippen LogP contribution in [0.25, 0.3) is 0 Å². The summed E-state index contributed by atoms with van der Waals surface area (Å²) in [4.78, 5) is 34.2. The molecule has 0 heterocycles. The minimum Gasteiger partial charge on any atom is -0.496 e. The summed E-state index contributed by atoms with van der Waals surface area (Å²) in [6.45, 7) is 1.15. The second-order valence-corrected chi connectivity index (χ2v) is 4.26. The largest absolute Gasteiger partial charge is 0.496 e. The molecule has 1 aromatic rings. The highest BCUT2D eigenvalue weighted by molar-refractivity contribution is 6.05. The van der Waals surface area contributed by atoms with Crippen molar-refractivity contribution in [2.75, 3.05) is 14.2 Å². The lowest BCUT2D eigenvalue weighted by Crippen LogP contribution is -2.46. The Balaban J connectivity index is 3.06. The van der Waals surface area contributed by atoms with E-state index >= 15 is 0 Å². The molecule has 1 rings (SSSR count). The molecule has 0 radical (unpaired) electrons. The van der Waals surface area contributed by atoms with Gasteiger partial charge in [-0.3, -0.25) is 9.59 Å². The number of Topliss-reactive ketones (excluding diaryl/α,β-unsaturated/α-hetero) is 1. The Kier molecular flexibility index (Phi) is 5.71. The molecule has 0 spiro atoms. The zero-order chi connectivity index (χ0) is 16.0. The van der Waals surface area contributed by atoms with Gasteiger partial charge >= 0.3 is 5.97 Å². The van der Waals surface area contributed by atoms with Gasteiger partial charge in [0.05, 0.1) is 14.2 Å². The smallest absolute Gasteiger partial charge is 0.334 e. The number of rotatable bonds is 7. The van der Waals surface area contributed by atoms with Crippen LogP contribution < -0.4 is 14.8 Å². The molecule has 2 N–H and O–H groups in total. The van der Waals surface area contributed by atoms with Crippen molar-refractivity contribution in [1.29, 1.82) is 0 Å². The molecule has 0 bridgehead atoms. The van der Waals surface area contributed by atoms with Crippen LogP contribution in [0.1, 0.15) is 12.5 Å². The fraction of sp³-hybridized carbons (Fsp3) is 0.357. The van der Waals surface area contributed by atoms with E-state index in [0.29, 0.717) is 17.1 Å². The van der Waals surface area contributed by atoms with Crippen LogP contribution in [-0.4, -0.2) is 43.0 Å². The molecule has 0 saturated heterocycles. The summed E-state index contributed by atoms with van der Waals surface area (Å²) in [6, 6.07) is 3.37. The minimum atomic E-state index is -1.60. The molecule has 114 valence electrons. The van der Waals surface area contributed by atoms with Crippen molar-refractivity contribution in [2.24, 2.45) is 0 Å². The fourth-order valence-electron chi connectivity index (χ4n) is 1.86. The number of methoxy groups -OCH3 is 2. The lowest BCUT2D eigenvalue weighted by atomic mass is 10.0. The normalized spacial score (nSPS) is 11.4. The lowest BCUT2D eigenvalue weighted by molar-refractivity contribution is -0.145. The first-order valence-electron chi connectivity index (χ1n) is 6.13. The molecule has 1 amide bonds. The van der Waals surface area contributed by atoms with Crippen molar-refractivity contribution in [1.82, 2.24) is 5.32 Å². The van der Waals surface area contributed by atoms with E-state index in [4.69, 9.17) is 14.6 Å². The van der Waals surface area contributed by atoms with Crippen LogP contribution in [0, 0.1) is 0 Å². The molecule has 0 saturated carbocycles. The Morgan fingerprint density at radius 2 is 1.71 bits per heavy atom. The summed E-state index contributed by atoms with van der Waals surface area (Å²) >= 11 is 0. The predicted molar refractivity (Wildman–Crippen MR) is 73.5 cm³/mol. The predicted octanol–water partition coefficient (Wildman–Crippen LogP) is 0.405. The number of carboxylic acids is 1. The Morgan fingerprint density at radius 3 is 2.10 bits per heavy atom. The van der Waals surface area contributed by atoms with E-state index in [9.17, 15) is 14.4 Å². The average Bonchev–Trinajstić information content (AvgIpc) is 2.44. The maximum Gasteiger partial charge on any atom is 0.334 e. The Bertz CT molecular complexity index is 532. The molecule has 7 nitrogen and oxygen atoms in total. The van der Waals surface area contributed by atoms with Crippen LogP contribution in [0.2, 0.25) is 0 Å². The third-order valence-corrected chi connectivity index (χ3v) is 2.80. The van der Waals surface area contributed by atoms with E-state index in [1.54, 1.807) is 18.2 Å². The fourth-order valence-corrected chi connectivity index (χ4v) is 1.86. The third kappa shape index (κ3) is 4.20. The van der Waals surface area contributed by atoms with Gasteiger partial charge in [0, 0.05) is 18.9 Å². The average molecular weight is 295 g/mol. The van der Waals surface area contributed by atoms with Crippen LogP contribution in [0.4, 0.5) is 0 Å². The van der Waals surface area contributed by atoms with E-state index in [0.717, 1.165) is 6.92 Å². The number of ketones is 1. The number of benzene rings is 1. The van der Waals surface area contributed by atoms with E-state index in [-0.39, 0.29) is 6.42 Å². The number of hydrogen-bond donors (Lipinski definition) is 2. The number of aliphatic carboxylic acids is 1. The maximum absolute atomic E-state index is 12.1. The highest BCUT2D eigenvalue weighted by Crippen LogP contribution is 2.29. The molecule has 1 aromatic carbocycles. The summed E-state index contributed by atoms with van der Waals surface area (Å²) in [6.07, 6.45) is -0.232. The number of hydrogen-bond acceptors (Lipinski definition) is 5. The maximum atomic E-state index is 12.1. The van der Waals surface area contributed by atoms with Gasteiger partial charge in [0.15, 0.2) is 11.8 Å². The van der Waals surface area contributed by atoms with Gasteiger partial charge in [0.2, 0.25) is 5.91 Å². The number of carboxylic acid groups (broad SMARTS) is 1. The molecule has 7 heteroatoms. The van der Waals surface area contributed by atoms with Crippen LogP contribution in [0.5, 0.6) is 11.5 Å². The molecule has 0 aromatic heterocycles. The van der Waals surface area contributed by atoms with E-state index in [2.05, 4.69) is 5.32 Å². The van der Waals surface area contributed by atoms with Gasteiger partial charge in [0.1, 0.15) is 11.5 Å². The van der Waals surface area contributed by atoms with Crippen molar-refractivity contribution in [2.45, 2.75) is 19.4 Å². The second-order valence-electron chi connectivity index (χ2n) is 4.26. The van der Waals surface area contributed by atoms with E-state index in [1.165, 1.54) is 14.2 Å². The van der Waals surface area contributed by atoms with E-state index < -0.39 is 23.7 Å². The molecule has 0 fully saturated rings. The summed E-state index contributed by atoms with van der Waals surface area (Å²) in [5.41, 5.74) is 0.434. The SMILES string of the molecule is COc1cccc(OC)c1CC(=O)C(NC(C)=O)C(=O)O. The molecule has 1 atom stereocenters. The van der Waals surface area contributed by atoms with Gasteiger partial charge in [-0.2, -0.15) is 0 Å². The van der Waals surface area contributed by atoms with Gasteiger partial charge in [-0.15, -0.1) is 0 Å². The Labute approximate surface area is 121 Å². The quantitative estimate of drug-likeness (QED) is 0.706. The molecule has 1 unspecified atom stereocenters. The minimum absolute atomic E-state index is 0.232. The summed E-state index contributed by atoms with van der Waals surface area (Å²) in [5, 5.41) is 11.1. The van der Waals surface area contributed by atoms with Crippen LogP contribution >= 0.6 is 0 Å². The second kappa shape index (κ2) is 7.28. The van der Waals surface area contributed by atoms with Gasteiger partial charge in [-0.25, -0.2) is 4.79 Å². The van der Waals surface area contributed by atoms with Crippen LogP contribution in [0.3, 0.4) is 0 Å². The number of amides is 1.